The molecule has 0 bridgehead atoms. The molecule has 1 aliphatic rings. The van der Waals surface area contributed by atoms with Gasteiger partial charge in [-0.25, -0.2) is 0 Å². The highest BCUT2D eigenvalue weighted by molar-refractivity contribution is 6.25. The summed E-state index contributed by atoms with van der Waals surface area (Å²) in [5, 5.41) is 9.41. The Morgan fingerprint density at radius 1 is 1.00 bits per heavy atom. The average Bonchev–Trinajstić information content (AvgIpc) is 2.16. The maximum absolute atomic E-state index is 11.4. The van der Waals surface area contributed by atoms with Crippen LogP contribution < -0.4 is 5.73 Å². The Hall–Kier alpha value is -2.10. The molecule has 0 atom stereocenters. The van der Waals surface area contributed by atoms with Gasteiger partial charge in [0.25, 0.3) is 0 Å². The van der Waals surface area contributed by atoms with E-state index in [1.807, 2.05) is 0 Å². The van der Waals surface area contributed by atoms with E-state index >= 15 is 0 Å². The number of fused-ring (bicyclic) bond motifs is 1. The van der Waals surface area contributed by atoms with E-state index in [0.717, 1.165) is 12.2 Å². The largest absolute Gasteiger partial charge is 0.507 e. The van der Waals surface area contributed by atoms with Crippen molar-refractivity contribution in [2.75, 3.05) is 5.73 Å². The molecule has 14 heavy (non-hydrogen) atoms. The molecular weight excluding hydrogens is 182 g/mol. The first kappa shape index (κ1) is 8.50. The zero-order valence-corrected chi connectivity index (χ0v) is 7.15. The van der Waals surface area contributed by atoms with Gasteiger partial charge in [-0.3, -0.25) is 9.59 Å². The van der Waals surface area contributed by atoms with Gasteiger partial charge in [-0.15, -0.1) is 0 Å². The molecule has 0 amide bonds. The summed E-state index contributed by atoms with van der Waals surface area (Å²) in [5.74, 6) is -0.964. The first-order valence-electron chi connectivity index (χ1n) is 3.99. The fourth-order valence-electron chi connectivity index (χ4n) is 1.44. The number of nitrogens with two attached hydrogens (primary N) is 1. The molecule has 0 fully saturated rings. The van der Waals surface area contributed by atoms with Gasteiger partial charge in [0.2, 0.25) is 0 Å². The molecule has 4 nitrogen and oxygen atoms in total. The van der Waals surface area contributed by atoms with E-state index in [1.54, 1.807) is 0 Å². The molecule has 0 spiro atoms. The van der Waals surface area contributed by atoms with Gasteiger partial charge in [0.1, 0.15) is 5.75 Å². The number of phenols is 1. The summed E-state index contributed by atoms with van der Waals surface area (Å²) in [6.45, 7) is 0. The lowest BCUT2D eigenvalue weighted by atomic mass is 9.92. The van der Waals surface area contributed by atoms with Crippen molar-refractivity contribution < 1.29 is 14.7 Å². The number of ketones is 2. The number of phenolic OH excluding ortho intramolecular Hbond substituents is 1. The van der Waals surface area contributed by atoms with Crippen LogP contribution in [-0.4, -0.2) is 16.7 Å². The monoisotopic (exact) mass is 189 g/mol. The molecule has 4 heteroatoms. The number of carbonyl (C=O) groups is 2. The van der Waals surface area contributed by atoms with E-state index in [1.165, 1.54) is 12.1 Å². The fourth-order valence-corrected chi connectivity index (χ4v) is 1.44. The highest BCUT2D eigenvalue weighted by Gasteiger charge is 2.24. The summed E-state index contributed by atoms with van der Waals surface area (Å²) < 4.78 is 0. The summed E-state index contributed by atoms with van der Waals surface area (Å²) in [7, 11) is 0. The molecule has 0 saturated carbocycles. The number of allylic oxidation sites excluding steroid dienone is 2. The molecule has 0 aromatic heterocycles. The maximum atomic E-state index is 11.4. The lowest BCUT2D eigenvalue weighted by molar-refractivity contribution is 0.0992. The van der Waals surface area contributed by atoms with Crippen molar-refractivity contribution in [3.05, 3.63) is 35.4 Å². The van der Waals surface area contributed by atoms with Gasteiger partial charge >= 0.3 is 0 Å². The molecule has 1 aromatic rings. The van der Waals surface area contributed by atoms with Crippen LogP contribution in [0.3, 0.4) is 0 Å². The van der Waals surface area contributed by atoms with Crippen LogP contribution in [0.25, 0.3) is 0 Å². The summed E-state index contributed by atoms with van der Waals surface area (Å²) in [6, 6.07) is 2.71. The number of hydrogen-bond donors (Lipinski definition) is 2. The van der Waals surface area contributed by atoms with Crippen LogP contribution in [0, 0.1) is 0 Å². The van der Waals surface area contributed by atoms with Gasteiger partial charge in [0.15, 0.2) is 11.6 Å². The van der Waals surface area contributed by atoms with Gasteiger partial charge < -0.3 is 10.8 Å². The van der Waals surface area contributed by atoms with Gasteiger partial charge in [-0.2, -0.15) is 0 Å². The SMILES string of the molecule is Nc1ccc(O)c2c1C(=O)C=CC2=O. The van der Waals surface area contributed by atoms with E-state index in [2.05, 4.69) is 0 Å². The fraction of sp³-hybridized carbons (Fsp3) is 0. The minimum absolute atomic E-state index is 0.00231. The van der Waals surface area contributed by atoms with Gasteiger partial charge in [-0.1, -0.05) is 0 Å². The Morgan fingerprint density at radius 3 is 2.14 bits per heavy atom. The van der Waals surface area contributed by atoms with E-state index in [9.17, 15) is 14.7 Å². The normalized spacial score (nSPS) is 14.3. The second kappa shape index (κ2) is 2.70. The Labute approximate surface area is 79.7 Å². The van der Waals surface area contributed by atoms with Gasteiger partial charge in [-0.05, 0) is 24.3 Å². The van der Waals surface area contributed by atoms with E-state index in [-0.39, 0.29) is 28.3 Å². The summed E-state index contributed by atoms with van der Waals surface area (Å²) in [6.07, 6.45) is 2.28. The molecule has 3 N–H and O–H groups in total. The highest BCUT2D eigenvalue weighted by Crippen LogP contribution is 2.29. The summed E-state index contributed by atoms with van der Waals surface area (Å²) >= 11 is 0. The Bertz CT molecular complexity index is 432. The Morgan fingerprint density at radius 2 is 1.57 bits per heavy atom. The number of hydrogen-bond acceptors (Lipinski definition) is 4. The topological polar surface area (TPSA) is 80.4 Å². The predicted octanol–water partition coefficient (Wildman–Crippen LogP) is 0.910. The molecule has 0 saturated heterocycles. The van der Waals surface area contributed by atoms with Crippen molar-refractivity contribution >= 4 is 17.3 Å². The van der Waals surface area contributed by atoms with Crippen LogP contribution in [0.4, 0.5) is 5.69 Å². The number of nitrogen functional groups attached to an aromatic ring is 1. The van der Waals surface area contributed by atoms with Crippen molar-refractivity contribution in [2.24, 2.45) is 0 Å². The zero-order chi connectivity index (χ0) is 10.3. The predicted molar refractivity (Wildman–Crippen MR) is 50.3 cm³/mol. The van der Waals surface area contributed by atoms with Crippen molar-refractivity contribution in [1.82, 2.24) is 0 Å². The number of carbonyl (C=O) groups excluding carboxylic acids is 2. The Balaban J connectivity index is 2.83. The average molecular weight is 189 g/mol. The van der Waals surface area contributed by atoms with E-state index in [4.69, 9.17) is 5.73 Å². The number of benzene rings is 1. The van der Waals surface area contributed by atoms with Crippen molar-refractivity contribution in [1.29, 1.82) is 0 Å². The molecule has 0 unspecified atom stereocenters. The molecule has 0 radical (unpaired) electrons. The lowest BCUT2D eigenvalue weighted by Gasteiger charge is -2.12. The van der Waals surface area contributed by atoms with Crippen LogP contribution in [0.15, 0.2) is 24.3 Å². The second-order valence-corrected chi connectivity index (χ2v) is 2.99. The van der Waals surface area contributed by atoms with Crippen LogP contribution in [0.5, 0.6) is 5.75 Å². The molecule has 1 aliphatic carbocycles. The van der Waals surface area contributed by atoms with Crippen LogP contribution in [-0.2, 0) is 0 Å². The van der Waals surface area contributed by atoms with Crippen LogP contribution in [0.1, 0.15) is 20.7 Å². The molecule has 0 heterocycles. The summed E-state index contributed by atoms with van der Waals surface area (Å²) in [4.78, 5) is 22.7. The van der Waals surface area contributed by atoms with Crippen molar-refractivity contribution in [3.8, 4) is 5.75 Å². The summed E-state index contributed by atoms with van der Waals surface area (Å²) in [5.41, 5.74) is 5.85. The van der Waals surface area contributed by atoms with E-state index < -0.39 is 5.78 Å². The number of aromatic hydroxyl groups is 1. The number of anilines is 1. The molecule has 1 aromatic carbocycles. The van der Waals surface area contributed by atoms with Gasteiger partial charge in [0.05, 0.1) is 11.1 Å². The lowest BCUT2D eigenvalue weighted by Crippen LogP contribution is -2.14. The van der Waals surface area contributed by atoms with Crippen molar-refractivity contribution in [2.45, 2.75) is 0 Å². The minimum Gasteiger partial charge on any atom is -0.507 e. The quantitative estimate of drug-likeness (QED) is 0.469. The van der Waals surface area contributed by atoms with E-state index in [0.29, 0.717) is 0 Å². The molecular formula is C10H7NO3. The minimum atomic E-state index is -0.399. The smallest absolute Gasteiger partial charge is 0.190 e. The second-order valence-electron chi connectivity index (χ2n) is 2.99. The highest BCUT2D eigenvalue weighted by atomic mass is 16.3. The first-order valence-corrected chi connectivity index (χ1v) is 3.99. The third-order valence-corrected chi connectivity index (χ3v) is 2.09. The Kier molecular flexibility index (Phi) is 1.64. The first-order chi connectivity index (χ1) is 6.61. The van der Waals surface area contributed by atoms with Crippen LogP contribution >= 0.6 is 0 Å². The van der Waals surface area contributed by atoms with Crippen molar-refractivity contribution in [3.63, 3.8) is 0 Å². The molecule has 0 aliphatic heterocycles. The maximum Gasteiger partial charge on any atom is 0.190 e. The standard InChI is InChI=1S/C10H7NO3/c11-5-1-2-7(13)10-8(14)4-3-6(12)9(5)10/h1-4,13H,11H2. The third-order valence-electron chi connectivity index (χ3n) is 2.09. The molecule has 70 valence electrons. The molecule has 2 rings (SSSR count). The third kappa shape index (κ3) is 1.01. The zero-order valence-electron chi connectivity index (χ0n) is 7.15. The van der Waals surface area contributed by atoms with Gasteiger partial charge in [0, 0.05) is 5.69 Å². The number of rotatable bonds is 0. The van der Waals surface area contributed by atoms with Crippen LogP contribution in [0.2, 0.25) is 0 Å².